The van der Waals surface area contributed by atoms with Crippen molar-refractivity contribution in [1.82, 2.24) is 0 Å². The Morgan fingerprint density at radius 2 is 1.38 bits per heavy atom. The number of carbonyl (C=O) groups is 1. The van der Waals surface area contributed by atoms with Gasteiger partial charge in [-0.05, 0) is 17.2 Å². The Kier molecular flexibility index (Phi) is 1.97. The van der Waals surface area contributed by atoms with Crippen LogP contribution in [0.4, 0.5) is 0 Å². The van der Waals surface area contributed by atoms with Gasteiger partial charge in [0, 0.05) is 11.1 Å². The van der Waals surface area contributed by atoms with Crippen LogP contribution in [0.15, 0.2) is 54.6 Å². The van der Waals surface area contributed by atoms with Gasteiger partial charge in [0.1, 0.15) is 0 Å². The van der Waals surface area contributed by atoms with E-state index in [0.29, 0.717) is 0 Å². The lowest BCUT2D eigenvalue weighted by molar-refractivity contribution is 0.104. The molecular weight excluding hydrogens is 196 g/mol. The summed E-state index contributed by atoms with van der Waals surface area (Å²) in [6.07, 6.45) is 1.95. The summed E-state index contributed by atoms with van der Waals surface area (Å²) in [7, 11) is 0. The van der Waals surface area contributed by atoms with Gasteiger partial charge in [-0.3, -0.25) is 4.79 Å². The topological polar surface area (TPSA) is 17.1 Å². The average Bonchev–Trinajstić information content (AvgIpc) is 2.37. The molecule has 0 heterocycles. The van der Waals surface area contributed by atoms with E-state index in [1.807, 2.05) is 60.7 Å². The van der Waals surface area contributed by atoms with E-state index in [1.54, 1.807) is 0 Å². The summed E-state index contributed by atoms with van der Waals surface area (Å²) in [4.78, 5) is 11.8. The first kappa shape index (κ1) is 9.10. The zero-order valence-electron chi connectivity index (χ0n) is 8.68. The van der Waals surface area contributed by atoms with Gasteiger partial charge < -0.3 is 0 Å². The highest BCUT2D eigenvalue weighted by molar-refractivity contribution is 6.42. The standard InChI is InChI=1S/C15H10O/c16-15-13-9-5-4-8-12(13)14(15)10-11-6-2-1-3-7-11/h1-10H/b14-10+. The van der Waals surface area contributed by atoms with Crippen molar-refractivity contribution in [2.45, 2.75) is 0 Å². The first-order chi connectivity index (χ1) is 7.86. The second-order valence-corrected chi connectivity index (χ2v) is 3.84. The largest absolute Gasteiger partial charge is 0.289 e. The van der Waals surface area contributed by atoms with E-state index < -0.39 is 0 Å². The third-order valence-electron chi connectivity index (χ3n) is 2.82. The van der Waals surface area contributed by atoms with E-state index >= 15 is 0 Å². The van der Waals surface area contributed by atoms with E-state index in [4.69, 9.17) is 0 Å². The monoisotopic (exact) mass is 206 g/mol. The Bertz CT molecular complexity index is 579. The van der Waals surface area contributed by atoms with Crippen molar-refractivity contribution in [2.24, 2.45) is 0 Å². The van der Waals surface area contributed by atoms with Gasteiger partial charge in [0.2, 0.25) is 0 Å². The van der Waals surface area contributed by atoms with Crippen LogP contribution in [0.1, 0.15) is 21.5 Å². The van der Waals surface area contributed by atoms with Crippen LogP contribution in [0.25, 0.3) is 11.6 Å². The minimum atomic E-state index is 0.152. The molecular formula is C15H10O. The van der Waals surface area contributed by atoms with Crippen molar-refractivity contribution in [3.63, 3.8) is 0 Å². The van der Waals surface area contributed by atoms with Crippen LogP contribution in [0.5, 0.6) is 0 Å². The maximum atomic E-state index is 11.8. The molecule has 1 aliphatic carbocycles. The highest BCUT2D eigenvalue weighted by atomic mass is 16.1. The van der Waals surface area contributed by atoms with Crippen LogP contribution < -0.4 is 0 Å². The van der Waals surface area contributed by atoms with E-state index in [2.05, 4.69) is 0 Å². The van der Waals surface area contributed by atoms with Crippen LogP contribution in [-0.4, -0.2) is 5.78 Å². The van der Waals surface area contributed by atoms with Gasteiger partial charge in [-0.15, -0.1) is 0 Å². The lowest BCUT2D eigenvalue weighted by Crippen LogP contribution is -2.16. The molecule has 0 N–H and O–H groups in total. The molecule has 0 amide bonds. The third kappa shape index (κ3) is 1.29. The second kappa shape index (κ2) is 3.46. The van der Waals surface area contributed by atoms with Crippen LogP contribution in [-0.2, 0) is 0 Å². The van der Waals surface area contributed by atoms with E-state index in [9.17, 15) is 4.79 Å². The molecule has 2 aromatic carbocycles. The lowest BCUT2D eigenvalue weighted by Gasteiger charge is -2.20. The summed E-state index contributed by atoms with van der Waals surface area (Å²) in [6.45, 7) is 0. The van der Waals surface area contributed by atoms with Crippen molar-refractivity contribution in [1.29, 1.82) is 0 Å². The molecule has 2 aromatic rings. The SMILES string of the molecule is O=C1/C(=C/c2ccccc2)c2ccccc21. The first-order valence-corrected chi connectivity index (χ1v) is 5.27. The fourth-order valence-electron chi connectivity index (χ4n) is 1.98. The maximum Gasteiger partial charge on any atom is 0.194 e. The summed E-state index contributed by atoms with van der Waals surface area (Å²) >= 11 is 0. The summed E-state index contributed by atoms with van der Waals surface area (Å²) in [5.74, 6) is 0.152. The average molecular weight is 206 g/mol. The van der Waals surface area contributed by atoms with E-state index in [0.717, 1.165) is 22.3 Å². The van der Waals surface area contributed by atoms with Gasteiger partial charge in [0.05, 0.1) is 0 Å². The zero-order valence-corrected chi connectivity index (χ0v) is 8.68. The molecule has 1 aliphatic rings. The number of fused-ring (bicyclic) bond motifs is 1. The molecule has 0 atom stereocenters. The number of carbonyl (C=O) groups excluding carboxylic acids is 1. The highest BCUT2D eigenvalue weighted by Crippen LogP contribution is 2.35. The summed E-state index contributed by atoms with van der Waals surface area (Å²) < 4.78 is 0. The van der Waals surface area contributed by atoms with Crippen molar-refractivity contribution in [2.75, 3.05) is 0 Å². The van der Waals surface area contributed by atoms with Crippen LogP contribution in [0.3, 0.4) is 0 Å². The fraction of sp³-hybridized carbons (Fsp3) is 0. The molecule has 0 fully saturated rings. The summed E-state index contributed by atoms with van der Waals surface area (Å²) in [6, 6.07) is 17.6. The Balaban J connectivity index is 2.07. The molecule has 0 aliphatic heterocycles. The Labute approximate surface area is 94.0 Å². The van der Waals surface area contributed by atoms with Crippen molar-refractivity contribution < 1.29 is 4.79 Å². The molecule has 3 rings (SSSR count). The molecule has 76 valence electrons. The summed E-state index contributed by atoms with van der Waals surface area (Å²) in [5.41, 5.74) is 3.79. The van der Waals surface area contributed by atoms with Gasteiger partial charge in [-0.2, -0.15) is 0 Å². The van der Waals surface area contributed by atoms with Crippen molar-refractivity contribution in [3.05, 3.63) is 71.3 Å². The molecule has 0 saturated carbocycles. The minimum Gasteiger partial charge on any atom is -0.289 e. The summed E-state index contributed by atoms with van der Waals surface area (Å²) in [5, 5.41) is 0. The van der Waals surface area contributed by atoms with Gasteiger partial charge in [-0.1, -0.05) is 54.6 Å². The normalized spacial score (nSPS) is 15.8. The Hall–Kier alpha value is -2.15. The number of allylic oxidation sites excluding steroid dienone is 1. The number of benzene rings is 2. The molecule has 0 saturated heterocycles. The van der Waals surface area contributed by atoms with Gasteiger partial charge in [0.15, 0.2) is 5.78 Å². The number of hydrogen-bond acceptors (Lipinski definition) is 1. The fourth-order valence-corrected chi connectivity index (χ4v) is 1.98. The molecule has 1 nitrogen and oxygen atoms in total. The quantitative estimate of drug-likeness (QED) is 0.653. The van der Waals surface area contributed by atoms with Crippen LogP contribution in [0.2, 0.25) is 0 Å². The van der Waals surface area contributed by atoms with Gasteiger partial charge in [-0.25, -0.2) is 0 Å². The Morgan fingerprint density at radius 1 is 0.750 bits per heavy atom. The van der Waals surface area contributed by atoms with E-state index in [-0.39, 0.29) is 5.78 Å². The van der Waals surface area contributed by atoms with Gasteiger partial charge >= 0.3 is 0 Å². The van der Waals surface area contributed by atoms with E-state index in [1.165, 1.54) is 0 Å². The number of hydrogen-bond donors (Lipinski definition) is 0. The molecule has 0 aromatic heterocycles. The number of Topliss-reactive ketones (excluding diaryl/α,β-unsaturated/α-hetero) is 1. The molecule has 1 heteroatoms. The van der Waals surface area contributed by atoms with Crippen LogP contribution in [0, 0.1) is 0 Å². The number of rotatable bonds is 1. The minimum absolute atomic E-state index is 0.152. The molecule has 0 bridgehead atoms. The molecule has 16 heavy (non-hydrogen) atoms. The number of ketones is 1. The molecule has 0 radical (unpaired) electrons. The predicted octanol–water partition coefficient (Wildman–Crippen LogP) is 3.42. The van der Waals surface area contributed by atoms with Crippen molar-refractivity contribution in [3.8, 4) is 0 Å². The second-order valence-electron chi connectivity index (χ2n) is 3.84. The van der Waals surface area contributed by atoms with Crippen LogP contribution >= 0.6 is 0 Å². The van der Waals surface area contributed by atoms with Gasteiger partial charge in [0.25, 0.3) is 0 Å². The molecule has 0 unspecified atom stereocenters. The Morgan fingerprint density at radius 3 is 2.12 bits per heavy atom. The predicted molar refractivity (Wildman–Crippen MR) is 65.1 cm³/mol. The van der Waals surface area contributed by atoms with Crippen molar-refractivity contribution >= 4 is 17.4 Å². The first-order valence-electron chi connectivity index (χ1n) is 5.27. The molecule has 0 spiro atoms. The smallest absolute Gasteiger partial charge is 0.194 e. The highest BCUT2D eigenvalue weighted by Gasteiger charge is 2.28. The maximum absolute atomic E-state index is 11.8. The third-order valence-corrected chi connectivity index (χ3v) is 2.82. The zero-order chi connectivity index (χ0) is 11.0. The lowest BCUT2D eigenvalue weighted by atomic mass is 9.81.